The molecule has 0 bridgehead atoms. The SMILES string of the molecule is [F][Y]([F])[F].[Y]. The summed E-state index contributed by atoms with van der Waals surface area (Å²) in [4.78, 5) is 0. The van der Waals surface area contributed by atoms with Gasteiger partial charge in [0.05, 0.1) is 0 Å². The fourth-order valence-electron chi connectivity index (χ4n) is 0. The fraction of sp³-hybridized carbons (Fsp3) is 0. The summed E-state index contributed by atoms with van der Waals surface area (Å²) in [7, 11) is 0. The van der Waals surface area contributed by atoms with Gasteiger partial charge in [-0.05, 0) is 0 Å². The Balaban J connectivity index is 0. The van der Waals surface area contributed by atoms with E-state index >= 15 is 0 Å². The Labute approximate surface area is 66.8 Å². The van der Waals surface area contributed by atoms with Gasteiger partial charge in [0.2, 0.25) is 0 Å². The first-order chi connectivity index (χ1) is 1.73. The van der Waals surface area contributed by atoms with Crippen molar-refractivity contribution in [2.75, 3.05) is 0 Å². The predicted molar refractivity (Wildman–Crippen MR) is 3.32 cm³/mol. The first kappa shape index (κ1) is 10.1. The van der Waals surface area contributed by atoms with E-state index in [1.807, 2.05) is 0 Å². The number of rotatable bonds is 0. The zero-order valence-corrected chi connectivity index (χ0v) is 7.97. The molecule has 0 aromatic rings. The van der Waals surface area contributed by atoms with Gasteiger partial charge in [-0.3, -0.25) is 0 Å². The minimum atomic E-state index is -5.14. The van der Waals surface area contributed by atoms with Crippen molar-refractivity contribution in [2.45, 2.75) is 0 Å². The zero-order valence-electron chi connectivity index (χ0n) is 2.29. The van der Waals surface area contributed by atoms with Gasteiger partial charge < -0.3 is 0 Å². The Morgan fingerprint density at radius 3 is 1.00 bits per heavy atom. The van der Waals surface area contributed by atoms with Gasteiger partial charge in [0.25, 0.3) is 0 Å². The largest absolute Gasteiger partial charge is 0 e. The second-order valence-corrected chi connectivity index (χ2v) is 1.46. The predicted octanol–water partition coefficient (Wildman–Crippen LogP) is 1.26. The van der Waals surface area contributed by atoms with Gasteiger partial charge in [0.15, 0.2) is 0 Å². The van der Waals surface area contributed by atoms with E-state index in [0.717, 1.165) is 0 Å². The van der Waals surface area contributed by atoms with Gasteiger partial charge in [-0.25, -0.2) is 0 Å². The number of hydrogen-bond acceptors (Lipinski definition) is 0. The third-order valence-electron chi connectivity index (χ3n) is 0. The van der Waals surface area contributed by atoms with E-state index in [0.29, 0.717) is 0 Å². The smallest absolute Gasteiger partial charge is 0 e. The van der Waals surface area contributed by atoms with E-state index < -0.39 is 29.6 Å². The summed E-state index contributed by atoms with van der Waals surface area (Å²) in [5.41, 5.74) is 0. The van der Waals surface area contributed by atoms with Crippen LogP contribution in [0.25, 0.3) is 0 Å². The average Bonchev–Trinajstić information content (AvgIpc) is 0.811. The normalized spacial score (nSPS) is 5.40. The summed E-state index contributed by atoms with van der Waals surface area (Å²) in [6, 6.07) is 0. The number of halogens is 3. The third kappa shape index (κ3) is 24.0. The third-order valence-corrected chi connectivity index (χ3v) is 0. The van der Waals surface area contributed by atoms with E-state index in [4.69, 9.17) is 0 Å². The maximum Gasteiger partial charge on any atom is 0 e. The minimum Gasteiger partial charge on any atom is 0 e. The van der Waals surface area contributed by atoms with E-state index in [-0.39, 0.29) is 32.7 Å². The van der Waals surface area contributed by atoms with Crippen LogP contribution in [0, 0.1) is 0 Å². The molecule has 5 heavy (non-hydrogen) atoms. The van der Waals surface area contributed by atoms with E-state index in [1.165, 1.54) is 0 Å². The summed E-state index contributed by atoms with van der Waals surface area (Å²) in [5.74, 6) is 0. The first-order valence-electron chi connectivity index (χ1n) is 0.655. The molecule has 1 radical (unpaired) electrons. The molecule has 0 heterocycles. The van der Waals surface area contributed by atoms with Crippen molar-refractivity contribution in [3.05, 3.63) is 0 Å². The molecule has 0 atom stereocenters. The van der Waals surface area contributed by atoms with Crippen molar-refractivity contribution in [3.8, 4) is 0 Å². The van der Waals surface area contributed by atoms with Gasteiger partial charge in [-0.2, -0.15) is 0 Å². The van der Waals surface area contributed by atoms with Crippen LogP contribution in [-0.4, -0.2) is 0 Å². The maximum absolute atomic E-state index is 9.88. The zero-order chi connectivity index (χ0) is 3.58. The van der Waals surface area contributed by atoms with Crippen molar-refractivity contribution >= 4 is 0 Å². The fourth-order valence-corrected chi connectivity index (χ4v) is 0. The van der Waals surface area contributed by atoms with Crippen LogP contribution in [0.2, 0.25) is 0 Å². The molecule has 0 spiro atoms. The summed E-state index contributed by atoms with van der Waals surface area (Å²) in [6.07, 6.45) is 0. The molecule has 0 N–H and O–H groups in total. The molecular weight excluding hydrogens is 235 g/mol. The summed E-state index contributed by atoms with van der Waals surface area (Å²) < 4.78 is 29.6. The Morgan fingerprint density at radius 2 is 1.00 bits per heavy atom. The van der Waals surface area contributed by atoms with Gasteiger partial charge in [0.1, 0.15) is 0 Å². The Kier molecular flexibility index (Phi) is 12.1. The van der Waals surface area contributed by atoms with E-state index in [1.54, 1.807) is 0 Å². The van der Waals surface area contributed by atoms with Crippen LogP contribution in [0.1, 0.15) is 0 Å². The standard InChI is InChI=1S/3FH.2Y/h3*1H;;/q;;;;+3/p-3. The molecule has 0 rings (SSSR count). The molecule has 0 aromatic carbocycles. The molecule has 5 heteroatoms. The topological polar surface area (TPSA) is 0 Å². The maximum atomic E-state index is 9.88. The summed E-state index contributed by atoms with van der Waals surface area (Å²) in [5, 5.41) is 0. The van der Waals surface area contributed by atoms with Gasteiger partial charge in [-0.1, -0.05) is 0 Å². The second kappa shape index (κ2) is 6.00. The Hall–Kier alpha value is 2.00. The van der Waals surface area contributed by atoms with Crippen molar-refractivity contribution in [1.29, 1.82) is 0 Å². The Bertz CT molecular complexity index is 9.61. The van der Waals surface area contributed by atoms with E-state index in [9.17, 15) is 5.77 Å². The van der Waals surface area contributed by atoms with Gasteiger partial charge >= 0.3 is 35.3 Å². The summed E-state index contributed by atoms with van der Waals surface area (Å²) >= 11 is -5.14. The first-order valence-corrected chi connectivity index (χ1v) is 3.87. The van der Waals surface area contributed by atoms with E-state index in [2.05, 4.69) is 0 Å². The number of hydrogen-bond donors (Lipinski definition) is 0. The molecule has 0 aliphatic carbocycles. The van der Waals surface area contributed by atoms with Crippen molar-refractivity contribution in [2.24, 2.45) is 0 Å². The van der Waals surface area contributed by atoms with Crippen LogP contribution >= 0.6 is 0 Å². The van der Waals surface area contributed by atoms with Crippen molar-refractivity contribution in [1.82, 2.24) is 0 Å². The van der Waals surface area contributed by atoms with Crippen LogP contribution in [0.4, 0.5) is 5.77 Å². The van der Waals surface area contributed by atoms with Crippen molar-refractivity contribution in [3.63, 3.8) is 0 Å². The van der Waals surface area contributed by atoms with Crippen molar-refractivity contribution < 1.29 is 68.0 Å². The molecule has 0 aliphatic rings. The van der Waals surface area contributed by atoms with Crippen LogP contribution in [0.5, 0.6) is 0 Å². The molecule has 0 aromatic heterocycles. The van der Waals surface area contributed by atoms with Crippen LogP contribution in [0.3, 0.4) is 0 Å². The van der Waals surface area contributed by atoms with Gasteiger partial charge in [-0.15, -0.1) is 0 Å². The molecular formula is F3Y2. The molecule has 0 saturated carbocycles. The minimum absolute atomic E-state index is 0. The van der Waals surface area contributed by atoms with Crippen LogP contribution in [-0.2, 0) is 62.3 Å². The molecule has 0 nitrogen and oxygen atoms in total. The summed E-state index contributed by atoms with van der Waals surface area (Å²) in [6.45, 7) is 0. The quantitative estimate of drug-likeness (QED) is 0.592. The monoisotopic (exact) mass is 235 g/mol. The van der Waals surface area contributed by atoms with Crippen LogP contribution < -0.4 is 0 Å². The average molecular weight is 235 g/mol. The molecule has 0 saturated heterocycles. The molecule has 0 amide bonds. The molecule has 0 unspecified atom stereocenters. The second-order valence-electron chi connectivity index (χ2n) is 0.247. The van der Waals surface area contributed by atoms with Crippen LogP contribution in [0.15, 0.2) is 0 Å². The van der Waals surface area contributed by atoms with Gasteiger partial charge in [0, 0.05) is 32.7 Å². The molecule has 0 aliphatic heterocycles. The molecule has 27 valence electrons. The molecule has 0 fully saturated rings. The Morgan fingerprint density at radius 1 is 1.00 bits per heavy atom.